The molecule has 344 valence electrons. The van der Waals surface area contributed by atoms with E-state index in [-0.39, 0.29) is 6.04 Å². The van der Waals surface area contributed by atoms with Gasteiger partial charge < -0.3 is 14.5 Å². The Morgan fingerprint density at radius 3 is 2.30 bits per heavy atom. The maximum atomic E-state index is 6.53. The molecule has 0 N–H and O–H groups in total. The molecule has 3 aromatic rings. The van der Waals surface area contributed by atoms with Crippen LogP contribution in [0.2, 0.25) is 0 Å². The van der Waals surface area contributed by atoms with Crippen LogP contribution < -0.4 is 25.0 Å². The number of hydrogen-bond acceptors (Lipinski definition) is 4. The van der Waals surface area contributed by atoms with Gasteiger partial charge in [-0.05, 0) is 131 Å². The van der Waals surface area contributed by atoms with Crippen molar-refractivity contribution >= 4 is 47.0 Å². The van der Waals surface area contributed by atoms with Crippen molar-refractivity contribution in [3.8, 4) is 5.75 Å². The second kappa shape index (κ2) is 27.0. The maximum absolute atomic E-state index is 6.53. The highest BCUT2D eigenvalue weighted by molar-refractivity contribution is 6.13. The van der Waals surface area contributed by atoms with E-state index in [4.69, 9.17) is 14.7 Å². The molecule has 0 spiro atoms. The smallest absolute Gasteiger partial charge is 0.161 e. The van der Waals surface area contributed by atoms with Crippen molar-refractivity contribution in [2.45, 2.75) is 61.4 Å². The van der Waals surface area contributed by atoms with Gasteiger partial charge in [0.1, 0.15) is 5.76 Å². The van der Waals surface area contributed by atoms with E-state index in [9.17, 15) is 0 Å². The van der Waals surface area contributed by atoms with E-state index >= 15 is 0 Å². The molecule has 1 unspecified atom stereocenters. The molecule has 67 heavy (non-hydrogen) atoms. The summed E-state index contributed by atoms with van der Waals surface area (Å²) < 4.78 is 6.53. The lowest BCUT2D eigenvalue weighted by Gasteiger charge is -2.30. The Labute approximate surface area is 401 Å². The number of allylic oxidation sites excluding steroid dienone is 16. The van der Waals surface area contributed by atoms with Crippen LogP contribution in [0.3, 0.4) is 0 Å². The Morgan fingerprint density at radius 1 is 0.866 bits per heavy atom. The fourth-order valence-corrected chi connectivity index (χ4v) is 7.47. The Hall–Kier alpha value is -7.57. The van der Waals surface area contributed by atoms with Gasteiger partial charge in [-0.2, -0.15) is 0 Å². The third-order valence-corrected chi connectivity index (χ3v) is 11.1. The van der Waals surface area contributed by atoms with Gasteiger partial charge in [-0.25, -0.2) is 9.98 Å². The third-order valence-electron chi connectivity index (χ3n) is 11.1. The zero-order valence-corrected chi connectivity index (χ0v) is 41.2. The zero-order chi connectivity index (χ0) is 48.7. The number of benzene rings is 3. The van der Waals surface area contributed by atoms with E-state index < -0.39 is 0 Å². The minimum atomic E-state index is 0.0969. The number of likely N-dealkylation sites (N-methyl/N-ethyl adjacent to an activating group) is 1. The molecule has 0 fully saturated rings. The first kappa shape index (κ1) is 52.1. The number of hydrogen-bond donors (Lipinski definition) is 0. The summed E-state index contributed by atoms with van der Waals surface area (Å²) in [6.07, 6.45) is 36.3. The van der Waals surface area contributed by atoms with Crippen LogP contribution >= 0.6 is 0 Å². The summed E-state index contributed by atoms with van der Waals surface area (Å²) in [5.41, 5.74) is 9.74. The van der Waals surface area contributed by atoms with Gasteiger partial charge in [0.05, 0.1) is 12.2 Å². The number of anilines is 2. The van der Waals surface area contributed by atoms with Gasteiger partial charge in [0, 0.05) is 47.7 Å². The molecule has 0 radical (unpaired) electrons. The SMILES string of the molecule is C=C/C=C(\C=C/C)CN=C(N=C(N=C)c1cccc(N2C/C=c3/cccc/c3=C(C)\C(C=C)=C2\C=C(/C)c2ccc(N(C)C(C)/C=C\C=C/C)c(OC(=C)/C=C\C=C/C)c2)c1)C(/C=C\C)=C/C. The number of aliphatic imine (C=N–C) groups is 3. The molecule has 0 aromatic heterocycles. The fourth-order valence-electron chi connectivity index (χ4n) is 7.47. The van der Waals surface area contributed by atoms with E-state index in [1.807, 2.05) is 126 Å². The summed E-state index contributed by atoms with van der Waals surface area (Å²) in [7, 11) is 2.08. The van der Waals surface area contributed by atoms with Gasteiger partial charge in [0.25, 0.3) is 0 Å². The van der Waals surface area contributed by atoms with Crippen LogP contribution in [0.5, 0.6) is 5.75 Å². The molecular formula is C61H69N5O. The minimum Gasteiger partial charge on any atom is -0.456 e. The Balaban J connectivity index is 1.97. The highest BCUT2D eigenvalue weighted by atomic mass is 16.5. The second-order valence-corrected chi connectivity index (χ2v) is 15.8. The van der Waals surface area contributed by atoms with E-state index in [0.717, 1.165) is 66.5 Å². The molecule has 0 saturated carbocycles. The predicted molar refractivity (Wildman–Crippen MR) is 296 cm³/mol. The first-order valence-electron chi connectivity index (χ1n) is 22.8. The lowest BCUT2D eigenvalue weighted by Crippen LogP contribution is -2.33. The number of fused-ring (bicyclic) bond motifs is 1. The highest BCUT2D eigenvalue weighted by Crippen LogP contribution is 2.36. The molecule has 0 bridgehead atoms. The number of nitrogens with zero attached hydrogens (tertiary/aromatic N) is 5. The molecule has 1 aliphatic rings. The topological polar surface area (TPSA) is 52.8 Å². The largest absolute Gasteiger partial charge is 0.456 e. The fraction of sp³-hybridized carbons (Fsp3) is 0.197. The van der Waals surface area contributed by atoms with Crippen LogP contribution in [-0.2, 0) is 0 Å². The lowest BCUT2D eigenvalue weighted by atomic mass is 9.96. The van der Waals surface area contributed by atoms with Crippen LogP contribution in [0.15, 0.2) is 233 Å². The molecule has 4 rings (SSSR count). The van der Waals surface area contributed by atoms with Gasteiger partial charge in [0.2, 0.25) is 0 Å². The lowest BCUT2D eigenvalue weighted by molar-refractivity contribution is 0.446. The van der Waals surface area contributed by atoms with Crippen LogP contribution in [-0.4, -0.2) is 44.6 Å². The van der Waals surface area contributed by atoms with Crippen molar-refractivity contribution in [3.05, 3.63) is 239 Å². The molecule has 0 aliphatic carbocycles. The predicted octanol–water partition coefficient (Wildman–Crippen LogP) is 13.7. The Kier molecular flexibility index (Phi) is 21.0. The Bertz CT molecular complexity index is 2790. The third kappa shape index (κ3) is 14.5. The van der Waals surface area contributed by atoms with Gasteiger partial charge in [-0.3, -0.25) is 4.99 Å². The summed E-state index contributed by atoms with van der Waals surface area (Å²) in [6, 6.07) is 23.3. The normalized spacial score (nSPS) is 17.6. The summed E-state index contributed by atoms with van der Waals surface area (Å²) in [6.45, 7) is 33.9. The molecular weight excluding hydrogens is 819 g/mol. The van der Waals surface area contributed by atoms with Gasteiger partial charge in [-0.15, -0.1) is 0 Å². The molecule has 1 heterocycles. The average Bonchev–Trinajstić information content (AvgIpc) is 3.33. The molecule has 6 heteroatoms. The van der Waals surface area contributed by atoms with Gasteiger partial charge in [0.15, 0.2) is 17.4 Å². The van der Waals surface area contributed by atoms with Crippen molar-refractivity contribution in [1.29, 1.82) is 0 Å². The van der Waals surface area contributed by atoms with E-state index in [2.05, 4.69) is 148 Å². The van der Waals surface area contributed by atoms with Crippen molar-refractivity contribution in [2.75, 3.05) is 29.9 Å². The van der Waals surface area contributed by atoms with E-state index in [1.165, 1.54) is 0 Å². The van der Waals surface area contributed by atoms with Crippen molar-refractivity contribution < 1.29 is 4.74 Å². The summed E-state index contributed by atoms with van der Waals surface area (Å²) >= 11 is 0. The first-order chi connectivity index (χ1) is 32.5. The van der Waals surface area contributed by atoms with Crippen LogP contribution in [0.4, 0.5) is 11.4 Å². The van der Waals surface area contributed by atoms with E-state index in [1.54, 1.807) is 6.08 Å². The minimum absolute atomic E-state index is 0.0969. The molecule has 0 amide bonds. The summed E-state index contributed by atoms with van der Waals surface area (Å²) in [5.74, 6) is 2.25. The summed E-state index contributed by atoms with van der Waals surface area (Å²) in [4.78, 5) is 19.1. The molecule has 0 saturated heterocycles. The molecule has 3 aromatic carbocycles. The molecule has 1 atom stereocenters. The van der Waals surface area contributed by atoms with Crippen LogP contribution in [0.25, 0.3) is 17.2 Å². The van der Waals surface area contributed by atoms with Crippen molar-refractivity contribution in [1.82, 2.24) is 0 Å². The van der Waals surface area contributed by atoms with Gasteiger partial charge >= 0.3 is 0 Å². The summed E-state index contributed by atoms with van der Waals surface area (Å²) in [5, 5.41) is 2.32. The van der Waals surface area contributed by atoms with Crippen LogP contribution in [0.1, 0.15) is 66.5 Å². The zero-order valence-electron chi connectivity index (χ0n) is 41.2. The molecule has 1 aliphatic heterocycles. The monoisotopic (exact) mass is 888 g/mol. The standard InChI is InChI=1S/C61H69N5O/c1-14-21-23-31-46(9)65(13)57-38-37-52(43-59(57)67-47(10)32-24-22-15-2)45(8)41-58-55(20-7)48(11)56-36-26-25-33-51(56)39-40-66(58)54-35-27-34-53(42-54)60(62-12)64-61(50(19-6)30-18-5)63-44-49(28-16-3)29-17-4/h14-39,41-43,46H,3,7,10,12,40,44H2,1-2,4-6,8-9,11,13H3/b21-14-,22-15-,29-17-,30-18-,31-23-,32-24-,45-41+,49-28+,50-19+,51-39-,56-48+,58-55-,63-61?,64-60?. The molecule has 6 nitrogen and oxygen atoms in total. The van der Waals surface area contributed by atoms with Crippen LogP contribution in [0, 0.1) is 0 Å². The Morgan fingerprint density at radius 2 is 1.61 bits per heavy atom. The highest BCUT2D eigenvalue weighted by Gasteiger charge is 2.20. The van der Waals surface area contributed by atoms with Crippen molar-refractivity contribution in [3.63, 3.8) is 0 Å². The first-order valence-corrected chi connectivity index (χ1v) is 22.8. The number of rotatable bonds is 19. The number of amidine groups is 2. The number of ether oxygens (including phenoxy) is 1. The van der Waals surface area contributed by atoms with Crippen molar-refractivity contribution in [2.24, 2.45) is 15.0 Å². The maximum Gasteiger partial charge on any atom is 0.161 e. The van der Waals surface area contributed by atoms with Gasteiger partial charge in [-0.1, -0.05) is 159 Å². The quantitative estimate of drug-likeness (QED) is 0.0521. The van der Waals surface area contributed by atoms with E-state index in [0.29, 0.717) is 36.3 Å². The second-order valence-electron chi connectivity index (χ2n) is 15.8. The average molecular weight is 888 g/mol.